The van der Waals surface area contributed by atoms with Crippen molar-refractivity contribution in [3.05, 3.63) is 41.7 Å². The molecule has 6 nitrogen and oxygen atoms in total. The van der Waals surface area contributed by atoms with Crippen LogP contribution in [-0.2, 0) is 6.54 Å². The molecule has 0 aliphatic carbocycles. The van der Waals surface area contributed by atoms with E-state index in [1.807, 2.05) is 0 Å². The van der Waals surface area contributed by atoms with Crippen molar-refractivity contribution in [2.75, 3.05) is 5.73 Å². The Balaban J connectivity index is 2.07. The van der Waals surface area contributed by atoms with Crippen LogP contribution >= 0.6 is 0 Å². The molecule has 0 saturated carbocycles. The maximum Gasteiger partial charge on any atom is 0.253 e. The topological polar surface area (TPSA) is 96.7 Å². The number of amides is 1. The Kier molecular flexibility index (Phi) is 2.99. The van der Waals surface area contributed by atoms with E-state index in [1.54, 1.807) is 0 Å². The van der Waals surface area contributed by atoms with Crippen molar-refractivity contribution in [1.82, 2.24) is 20.5 Å². The fourth-order valence-electron chi connectivity index (χ4n) is 1.31. The van der Waals surface area contributed by atoms with E-state index < -0.39 is 11.7 Å². The summed E-state index contributed by atoms with van der Waals surface area (Å²) in [5.41, 5.74) is 5.40. The number of nitrogens with one attached hydrogen (secondary N) is 2. The van der Waals surface area contributed by atoms with E-state index in [9.17, 15) is 9.18 Å². The molecular weight excluding hydrogens is 225 g/mol. The molecule has 7 heteroatoms. The van der Waals surface area contributed by atoms with E-state index in [0.29, 0.717) is 5.82 Å². The second-order valence-electron chi connectivity index (χ2n) is 3.32. The second kappa shape index (κ2) is 4.60. The molecule has 1 heterocycles. The third kappa shape index (κ3) is 2.39. The second-order valence-corrected chi connectivity index (χ2v) is 3.32. The Morgan fingerprint density at radius 3 is 3.06 bits per heavy atom. The number of nitrogens with two attached hydrogens (primary N) is 1. The van der Waals surface area contributed by atoms with Gasteiger partial charge in [0.15, 0.2) is 0 Å². The molecule has 0 radical (unpaired) electrons. The van der Waals surface area contributed by atoms with Crippen molar-refractivity contribution >= 4 is 11.6 Å². The molecule has 0 saturated heterocycles. The van der Waals surface area contributed by atoms with E-state index >= 15 is 0 Å². The number of benzene rings is 1. The summed E-state index contributed by atoms with van der Waals surface area (Å²) in [5, 5.41) is 8.77. The SMILES string of the molecule is Nc1c(F)cccc1C(=O)NCc1ncn[nH]1. The van der Waals surface area contributed by atoms with Gasteiger partial charge in [-0.1, -0.05) is 6.07 Å². The van der Waals surface area contributed by atoms with Gasteiger partial charge in [-0.3, -0.25) is 9.89 Å². The average Bonchev–Trinajstić information content (AvgIpc) is 2.82. The van der Waals surface area contributed by atoms with Crippen molar-refractivity contribution in [3.8, 4) is 0 Å². The molecule has 1 aromatic heterocycles. The highest BCUT2D eigenvalue weighted by molar-refractivity contribution is 5.99. The summed E-state index contributed by atoms with van der Waals surface area (Å²) in [6.45, 7) is 0.175. The zero-order valence-corrected chi connectivity index (χ0v) is 8.77. The van der Waals surface area contributed by atoms with Gasteiger partial charge in [-0.05, 0) is 12.1 Å². The molecule has 0 spiro atoms. The number of halogens is 1. The van der Waals surface area contributed by atoms with Crippen LogP contribution in [-0.4, -0.2) is 21.1 Å². The number of nitrogens with zero attached hydrogens (tertiary/aromatic N) is 2. The molecule has 0 aliphatic heterocycles. The molecule has 0 atom stereocenters. The predicted octanol–water partition coefficient (Wildman–Crippen LogP) is 0.456. The monoisotopic (exact) mass is 235 g/mol. The smallest absolute Gasteiger partial charge is 0.253 e. The summed E-state index contributed by atoms with van der Waals surface area (Å²) in [5.74, 6) is -0.566. The lowest BCUT2D eigenvalue weighted by Crippen LogP contribution is -2.24. The van der Waals surface area contributed by atoms with Gasteiger partial charge in [0.1, 0.15) is 18.0 Å². The zero-order chi connectivity index (χ0) is 12.3. The number of carbonyl (C=O) groups excluding carboxylic acids is 1. The van der Waals surface area contributed by atoms with Crippen molar-refractivity contribution < 1.29 is 9.18 Å². The summed E-state index contributed by atoms with van der Waals surface area (Å²) in [7, 11) is 0. The van der Waals surface area contributed by atoms with E-state index in [-0.39, 0.29) is 17.8 Å². The summed E-state index contributed by atoms with van der Waals surface area (Å²) in [6.07, 6.45) is 1.33. The first-order chi connectivity index (χ1) is 8.18. The van der Waals surface area contributed by atoms with E-state index in [1.165, 1.54) is 24.5 Å². The molecule has 2 rings (SSSR count). The fraction of sp³-hybridized carbons (Fsp3) is 0.100. The number of aromatic amines is 1. The molecule has 1 aromatic carbocycles. The van der Waals surface area contributed by atoms with Gasteiger partial charge in [-0.25, -0.2) is 9.37 Å². The predicted molar refractivity (Wildman–Crippen MR) is 58.4 cm³/mol. The number of nitrogen functional groups attached to an aromatic ring is 1. The standard InChI is InChI=1S/C10H10FN5O/c11-7-3-1-2-6(9(7)12)10(17)13-4-8-14-5-15-16-8/h1-3,5H,4,12H2,(H,13,17)(H,14,15,16). The molecular formula is C10H10FN5O. The minimum absolute atomic E-state index is 0.101. The lowest BCUT2D eigenvalue weighted by molar-refractivity contribution is 0.0950. The van der Waals surface area contributed by atoms with Crippen LogP contribution in [0.1, 0.15) is 16.2 Å². The molecule has 2 aromatic rings. The summed E-state index contributed by atoms with van der Waals surface area (Å²) >= 11 is 0. The van der Waals surface area contributed by atoms with Gasteiger partial charge in [-0.15, -0.1) is 0 Å². The first kappa shape index (κ1) is 11.1. The number of hydrogen-bond donors (Lipinski definition) is 3. The van der Waals surface area contributed by atoms with Crippen molar-refractivity contribution in [2.45, 2.75) is 6.54 Å². The van der Waals surface area contributed by atoms with Gasteiger partial charge >= 0.3 is 0 Å². The van der Waals surface area contributed by atoms with Crippen LogP contribution in [0.3, 0.4) is 0 Å². The first-order valence-electron chi connectivity index (χ1n) is 4.85. The molecule has 4 N–H and O–H groups in total. The zero-order valence-electron chi connectivity index (χ0n) is 8.77. The average molecular weight is 235 g/mol. The number of hydrogen-bond acceptors (Lipinski definition) is 4. The van der Waals surface area contributed by atoms with E-state index in [2.05, 4.69) is 20.5 Å². The summed E-state index contributed by atoms with van der Waals surface area (Å²) in [6, 6.07) is 4.08. The van der Waals surface area contributed by atoms with Gasteiger partial charge in [0.05, 0.1) is 17.8 Å². The Morgan fingerprint density at radius 1 is 1.53 bits per heavy atom. The van der Waals surface area contributed by atoms with Crippen LogP contribution in [0, 0.1) is 5.82 Å². The summed E-state index contributed by atoms with van der Waals surface area (Å²) < 4.78 is 13.1. The molecule has 88 valence electrons. The third-order valence-corrected chi connectivity index (χ3v) is 2.18. The van der Waals surface area contributed by atoms with Gasteiger partial charge < -0.3 is 11.1 Å². The van der Waals surface area contributed by atoms with Gasteiger partial charge in [0.25, 0.3) is 5.91 Å². The highest BCUT2D eigenvalue weighted by atomic mass is 19.1. The molecule has 0 bridgehead atoms. The lowest BCUT2D eigenvalue weighted by Gasteiger charge is -2.06. The Bertz CT molecular complexity index is 525. The number of anilines is 1. The first-order valence-corrected chi connectivity index (χ1v) is 4.85. The molecule has 0 fully saturated rings. The van der Waals surface area contributed by atoms with Crippen LogP contribution in [0.4, 0.5) is 10.1 Å². The maximum absolute atomic E-state index is 13.1. The molecule has 17 heavy (non-hydrogen) atoms. The quantitative estimate of drug-likeness (QED) is 0.673. The van der Waals surface area contributed by atoms with Crippen LogP contribution in [0.15, 0.2) is 24.5 Å². The van der Waals surface area contributed by atoms with E-state index in [4.69, 9.17) is 5.73 Å². The Labute approximate surface area is 96.1 Å². The molecule has 1 amide bonds. The Morgan fingerprint density at radius 2 is 2.35 bits per heavy atom. The lowest BCUT2D eigenvalue weighted by atomic mass is 10.1. The molecule has 0 unspecified atom stereocenters. The number of H-pyrrole nitrogens is 1. The maximum atomic E-state index is 13.1. The van der Waals surface area contributed by atoms with Crippen molar-refractivity contribution in [1.29, 1.82) is 0 Å². The highest BCUT2D eigenvalue weighted by Gasteiger charge is 2.12. The van der Waals surface area contributed by atoms with Gasteiger partial charge in [-0.2, -0.15) is 5.10 Å². The summed E-state index contributed by atoms with van der Waals surface area (Å²) in [4.78, 5) is 15.5. The van der Waals surface area contributed by atoms with Crippen molar-refractivity contribution in [2.24, 2.45) is 0 Å². The minimum Gasteiger partial charge on any atom is -0.396 e. The molecule has 0 aliphatic rings. The number of carbonyl (C=O) groups is 1. The largest absolute Gasteiger partial charge is 0.396 e. The van der Waals surface area contributed by atoms with Gasteiger partial charge in [0.2, 0.25) is 0 Å². The number of aromatic nitrogens is 3. The van der Waals surface area contributed by atoms with Crippen LogP contribution < -0.4 is 11.1 Å². The van der Waals surface area contributed by atoms with Crippen LogP contribution in [0.2, 0.25) is 0 Å². The fourth-order valence-corrected chi connectivity index (χ4v) is 1.31. The van der Waals surface area contributed by atoms with Gasteiger partial charge in [0, 0.05) is 0 Å². The van der Waals surface area contributed by atoms with Crippen LogP contribution in [0.5, 0.6) is 0 Å². The normalized spacial score (nSPS) is 10.2. The highest BCUT2D eigenvalue weighted by Crippen LogP contribution is 2.15. The van der Waals surface area contributed by atoms with Crippen LogP contribution in [0.25, 0.3) is 0 Å². The minimum atomic E-state index is -0.614. The number of para-hydroxylation sites is 1. The van der Waals surface area contributed by atoms with Crippen molar-refractivity contribution in [3.63, 3.8) is 0 Å². The Hall–Kier alpha value is -2.44. The third-order valence-electron chi connectivity index (χ3n) is 2.18. The van der Waals surface area contributed by atoms with E-state index in [0.717, 1.165) is 0 Å². The number of rotatable bonds is 3.